The van der Waals surface area contributed by atoms with Gasteiger partial charge in [0.25, 0.3) is 5.90 Å². The van der Waals surface area contributed by atoms with E-state index in [0.717, 1.165) is 18.2 Å². The maximum Gasteiger partial charge on any atom is 0.475 e. The summed E-state index contributed by atoms with van der Waals surface area (Å²) in [6.07, 6.45) is -5.74. The van der Waals surface area contributed by atoms with Crippen LogP contribution in [0.3, 0.4) is 0 Å². The van der Waals surface area contributed by atoms with Crippen molar-refractivity contribution >= 4 is 17.7 Å². The minimum Gasteiger partial charge on any atom is -0.444 e. The van der Waals surface area contributed by atoms with Crippen molar-refractivity contribution < 1.29 is 36.7 Å². The van der Waals surface area contributed by atoms with Gasteiger partial charge in [-0.3, -0.25) is 5.32 Å². The fourth-order valence-electron chi connectivity index (χ4n) is 2.79. The molecule has 2 aromatic carbocycles. The fourth-order valence-corrected chi connectivity index (χ4v) is 2.79. The van der Waals surface area contributed by atoms with E-state index in [2.05, 4.69) is 10.5 Å². The zero-order valence-corrected chi connectivity index (χ0v) is 17.1. The summed E-state index contributed by atoms with van der Waals surface area (Å²) in [7, 11) is 0. The van der Waals surface area contributed by atoms with Gasteiger partial charge in [-0.2, -0.15) is 13.2 Å². The average molecular weight is 440 g/mol. The van der Waals surface area contributed by atoms with Crippen molar-refractivity contribution in [3.63, 3.8) is 0 Å². The van der Waals surface area contributed by atoms with Crippen LogP contribution < -0.4 is 5.32 Å². The van der Waals surface area contributed by atoms with E-state index in [0.29, 0.717) is 5.56 Å². The lowest BCUT2D eigenvalue weighted by molar-refractivity contribution is -0.352. The molecule has 3 rings (SSSR count). The largest absolute Gasteiger partial charge is 0.475 e. The standard InChI is InChI=1S/C21H20F4N2O4/c1-12-11-14(7-10-16(12)26-18(28)30-19(2,3)4)20(21(23,24)25)29-17(27-31-20)13-5-8-15(22)9-6-13/h5-11H,1-4H3,(H,26,28). The topological polar surface area (TPSA) is 69.2 Å². The van der Waals surface area contributed by atoms with Crippen LogP contribution in [-0.4, -0.2) is 23.8 Å². The molecule has 0 radical (unpaired) electrons. The van der Waals surface area contributed by atoms with Gasteiger partial charge in [0.15, 0.2) is 0 Å². The highest BCUT2D eigenvalue weighted by atomic mass is 19.4. The summed E-state index contributed by atoms with van der Waals surface area (Å²) in [5.74, 6) is -4.19. The second-order valence-corrected chi connectivity index (χ2v) is 7.87. The molecule has 0 saturated carbocycles. The number of hydrogen-bond donors (Lipinski definition) is 1. The van der Waals surface area contributed by atoms with Gasteiger partial charge < -0.3 is 14.3 Å². The lowest BCUT2D eigenvalue weighted by atomic mass is 10.0. The molecule has 1 aliphatic heterocycles. The Morgan fingerprint density at radius 1 is 1.10 bits per heavy atom. The van der Waals surface area contributed by atoms with Crippen molar-refractivity contribution in [1.29, 1.82) is 0 Å². The van der Waals surface area contributed by atoms with Crippen molar-refractivity contribution in [3.8, 4) is 0 Å². The molecule has 0 bridgehead atoms. The number of nitrogens with one attached hydrogen (secondary N) is 1. The van der Waals surface area contributed by atoms with Crippen LogP contribution in [0.2, 0.25) is 0 Å². The van der Waals surface area contributed by atoms with Gasteiger partial charge in [-0.1, -0.05) is 0 Å². The summed E-state index contributed by atoms with van der Waals surface area (Å²) in [6.45, 7) is 6.56. The number of oxime groups is 1. The van der Waals surface area contributed by atoms with Crippen LogP contribution in [-0.2, 0) is 20.1 Å². The molecule has 1 unspecified atom stereocenters. The molecule has 0 saturated heterocycles. The molecule has 0 aromatic heterocycles. The van der Waals surface area contributed by atoms with Gasteiger partial charge in [0.05, 0.1) is 0 Å². The van der Waals surface area contributed by atoms with E-state index in [4.69, 9.17) is 14.3 Å². The molecule has 166 valence electrons. The van der Waals surface area contributed by atoms with Gasteiger partial charge in [0, 0.05) is 16.8 Å². The molecular formula is C21H20F4N2O4. The predicted octanol–water partition coefficient (Wildman–Crippen LogP) is 5.60. The Kier molecular flexibility index (Phi) is 5.60. The zero-order valence-electron chi connectivity index (χ0n) is 17.1. The molecule has 0 spiro atoms. The molecule has 0 aliphatic carbocycles. The number of halogens is 4. The Hall–Kier alpha value is -3.30. The van der Waals surface area contributed by atoms with Crippen LogP contribution in [0.5, 0.6) is 0 Å². The normalized spacial score (nSPS) is 18.6. The van der Waals surface area contributed by atoms with Crippen LogP contribution in [0.4, 0.5) is 28.0 Å². The Bertz CT molecular complexity index is 1010. The number of hydrogen-bond acceptors (Lipinski definition) is 5. The minimum absolute atomic E-state index is 0.118. The van der Waals surface area contributed by atoms with Crippen LogP contribution in [0, 0.1) is 12.7 Å². The van der Waals surface area contributed by atoms with Crippen molar-refractivity contribution in [2.75, 3.05) is 5.32 Å². The number of rotatable bonds is 3. The van der Waals surface area contributed by atoms with E-state index in [9.17, 15) is 22.4 Å². The first-order valence-electron chi connectivity index (χ1n) is 9.20. The van der Waals surface area contributed by atoms with Gasteiger partial charge in [-0.25, -0.2) is 9.18 Å². The summed E-state index contributed by atoms with van der Waals surface area (Å²) < 4.78 is 65.4. The second-order valence-electron chi connectivity index (χ2n) is 7.87. The maximum atomic E-state index is 14.0. The molecule has 1 aliphatic rings. The Balaban J connectivity index is 1.88. The smallest absolute Gasteiger partial charge is 0.444 e. The van der Waals surface area contributed by atoms with Crippen molar-refractivity contribution in [2.24, 2.45) is 5.16 Å². The van der Waals surface area contributed by atoms with Gasteiger partial charge >= 0.3 is 18.1 Å². The SMILES string of the molecule is Cc1cc(C2(C(F)(F)F)ON=C(c3ccc(F)cc3)O2)ccc1NC(=O)OC(C)(C)C. The van der Waals surface area contributed by atoms with Gasteiger partial charge in [-0.15, -0.1) is 0 Å². The van der Waals surface area contributed by atoms with Crippen LogP contribution in [0.25, 0.3) is 0 Å². The predicted molar refractivity (Wildman–Crippen MR) is 104 cm³/mol. The number of ether oxygens (including phenoxy) is 2. The number of anilines is 1. The van der Waals surface area contributed by atoms with E-state index < -0.39 is 35.4 Å². The Morgan fingerprint density at radius 2 is 1.74 bits per heavy atom. The summed E-state index contributed by atoms with van der Waals surface area (Å²) in [5, 5.41) is 5.92. The number of nitrogens with zero attached hydrogens (tertiary/aromatic N) is 1. The van der Waals surface area contributed by atoms with Gasteiger partial charge in [-0.05, 0) is 80.9 Å². The summed E-state index contributed by atoms with van der Waals surface area (Å²) in [6, 6.07) is 8.14. The van der Waals surface area contributed by atoms with E-state index in [-0.39, 0.29) is 16.8 Å². The maximum absolute atomic E-state index is 14.0. The second kappa shape index (κ2) is 7.75. The molecule has 2 aromatic rings. The lowest BCUT2D eigenvalue weighted by Gasteiger charge is -2.29. The molecule has 6 nitrogen and oxygen atoms in total. The highest BCUT2D eigenvalue weighted by molar-refractivity contribution is 5.94. The van der Waals surface area contributed by atoms with Crippen LogP contribution in [0.15, 0.2) is 47.6 Å². The lowest BCUT2D eigenvalue weighted by Crippen LogP contribution is -2.44. The molecule has 1 amide bonds. The average Bonchev–Trinajstić information content (AvgIpc) is 3.09. The first kappa shape index (κ1) is 22.4. The summed E-state index contributed by atoms with van der Waals surface area (Å²) in [4.78, 5) is 16.7. The molecule has 1 atom stereocenters. The van der Waals surface area contributed by atoms with Crippen molar-refractivity contribution in [1.82, 2.24) is 0 Å². The number of benzene rings is 2. The van der Waals surface area contributed by atoms with E-state index in [1.165, 1.54) is 31.2 Å². The molecular weight excluding hydrogens is 420 g/mol. The molecule has 10 heteroatoms. The van der Waals surface area contributed by atoms with Crippen LogP contribution >= 0.6 is 0 Å². The first-order chi connectivity index (χ1) is 14.3. The zero-order chi connectivity index (χ0) is 23.0. The van der Waals surface area contributed by atoms with Crippen molar-refractivity contribution in [2.45, 2.75) is 45.3 Å². The molecule has 0 fully saturated rings. The number of amides is 1. The van der Waals surface area contributed by atoms with Crippen LogP contribution in [0.1, 0.15) is 37.5 Å². The summed E-state index contributed by atoms with van der Waals surface area (Å²) >= 11 is 0. The number of carbonyl (C=O) groups is 1. The third kappa shape index (κ3) is 4.73. The quantitative estimate of drug-likeness (QED) is 0.631. The van der Waals surface area contributed by atoms with Gasteiger partial charge in [0.2, 0.25) is 0 Å². The Labute approximate surface area is 175 Å². The van der Waals surface area contributed by atoms with Gasteiger partial charge in [0.1, 0.15) is 11.4 Å². The molecule has 31 heavy (non-hydrogen) atoms. The highest BCUT2D eigenvalue weighted by Gasteiger charge is 2.65. The summed E-state index contributed by atoms with van der Waals surface area (Å²) in [5.41, 5.74) is -0.430. The fraction of sp³-hybridized carbons (Fsp3) is 0.333. The van der Waals surface area contributed by atoms with E-state index >= 15 is 0 Å². The number of alkyl halides is 3. The highest BCUT2D eigenvalue weighted by Crippen LogP contribution is 2.47. The minimum atomic E-state index is -5.00. The van der Waals surface area contributed by atoms with E-state index in [1.54, 1.807) is 20.8 Å². The molecule has 1 N–H and O–H groups in total. The van der Waals surface area contributed by atoms with Crippen molar-refractivity contribution in [3.05, 3.63) is 65.0 Å². The molecule has 1 heterocycles. The van der Waals surface area contributed by atoms with E-state index in [1.807, 2.05) is 0 Å². The monoisotopic (exact) mass is 440 g/mol. The third-order valence-electron chi connectivity index (χ3n) is 4.20. The third-order valence-corrected chi connectivity index (χ3v) is 4.20. The Morgan fingerprint density at radius 3 is 2.29 bits per heavy atom. The number of carbonyl (C=O) groups excluding carboxylic acids is 1. The first-order valence-corrected chi connectivity index (χ1v) is 9.20. The number of aryl methyl sites for hydroxylation is 1.